The van der Waals surface area contributed by atoms with Gasteiger partial charge in [0.25, 0.3) is 0 Å². The molecule has 0 aliphatic rings. The van der Waals surface area contributed by atoms with Crippen LogP contribution in [0.2, 0.25) is 0 Å². The normalized spacial score (nSPS) is 12.1. The predicted molar refractivity (Wildman–Crippen MR) is 69.0 cm³/mol. The minimum atomic E-state index is -0.428. The molecule has 0 aromatic carbocycles. The summed E-state index contributed by atoms with van der Waals surface area (Å²) in [6, 6.07) is 0. The molecular formula is C8H10BrN3OS2. The van der Waals surface area contributed by atoms with E-state index in [1.165, 1.54) is 11.3 Å². The van der Waals surface area contributed by atoms with Crippen molar-refractivity contribution < 1.29 is 4.79 Å². The maximum absolute atomic E-state index is 11.7. The Morgan fingerprint density at radius 1 is 1.87 bits per heavy atom. The van der Waals surface area contributed by atoms with Gasteiger partial charge in [0, 0.05) is 0 Å². The van der Waals surface area contributed by atoms with Crippen molar-refractivity contribution >= 4 is 55.5 Å². The molecule has 1 unspecified atom stereocenters. The molecular weight excluding hydrogens is 298 g/mol. The topological polar surface area (TPSA) is 68.0 Å². The van der Waals surface area contributed by atoms with E-state index in [2.05, 4.69) is 26.2 Å². The lowest BCUT2D eigenvalue weighted by Gasteiger charge is -2.11. The Kier molecular flexibility index (Phi) is 4.62. The third-order valence-electron chi connectivity index (χ3n) is 1.78. The van der Waals surface area contributed by atoms with Gasteiger partial charge in [-0.2, -0.15) is 0 Å². The fraction of sp³-hybridized carbons (Fsp3) is 0.375. The third kappa shape index (κ3) is 3.51. The maximum Gasteiger partial charge on any atom is 0.236 e. The number of carbonyl (C=O) groups excluding carboxylic acids is 1. The van der Waals surface area contributed by atoms with E-state index in [-0.39, 0.29) is 10.9 Å². The van der Waals surface area contributed by atoms with E-state index in [4.69, 9.17) is 18.0 Å². The lowest BCUT2D eigenvalue weighted by Crippen LogP contribution is -2.32. The van der Waals surface area contributed by atoms with Gasteiger partial charge in [0.1, 0.15) is 0 Å². The summed E-state index contributed by atoms with van der Waals surface area (Å²) in [5.74, 6) is -0.630. The Bertz CT molecular complexity index is 380. The van der Waals surface area contributed by atoms with Crippen LogP contribution in [0.4, 0.5) is 5.13 Å². The molecule has 7 heteroatoms. The molecule has 0 spiro atoms. The van der Waals surface area contributed by atoms with E-state index in [9.17, 15) is 4.79 Å². The van der Waals surface area contributed by atoms with Crippen molar-refractivity contribution in [2.45, 2.75) is 13.3 Å². The van der Waals surface area contributed by atoms with Gasteiger partial charge in [-0.3, -0.25) is 4.79 Å². The van der Waals surface area contributed by atoms with Crippen molar-refractivity contribution in [3.05, 3.63) is 9.98 Å². The first-order valence-corrected chi connectivity index (χ1v) is 6.28. The average molecular weight is 308 g/mol. The summed E-state index contributed by atoms with van der Waals surface area (Å²) >= 11 is 9.41. The number of thiocarbonyl (C=S) groups is 1. The summed E-state index contributed by atoms with van der Waals surface area (Å²) in [6.45, 7) is 1.86. The predicted octanol–water partition coefficient (Wildman–Crippen LogP) is 2.16. The molecule has 1 aromatic heterocycles. The Morgan fingerprint density at radius 2 is 2.53 bits per heavy atom. The number of nitrogens with one attached hydrogen (secondary N) is 1. The zero-order valence-electron chi connectivity index (χ0n) is 7.99. The van der Waals surface area contributed by atoms with Crippen LogP contribution in [-0.4, -0.2) is 15.9 Å². The van der Waals surface area contributed by atoms with Gasteiger partial charge in [-0.15, -0.1) is 0 Å². The first-order chi connectivity index (χ1) is 7.04. The van der Waals surface area contributed by atoms with E-state index >= 15 is 0 Å². The van der Waals surface area contributed by atoms with Crippen molar-refractivity contribution in [2.75, 3.05) is 5.32 Å². The van der Waals surface area contributed by atoms with Crippen LogP contribution in [0, 0.1) is 5.92 Å². The van der Waals surface area contributed by atoms with Crippen LogP contribution in [0.25, 0.3) is 0 Å². The summed E-state index contributed by atoms with van der Waals surface area (Å²) in [5, 5.41) is 3.21. The van der Waals surface area contributed by atoms with Gasteiger partial charge in [-0.25, -0.2) is 4.98 Å². The second-order valence-electron chi connectivity index (χ2n) is 2.82. The largest absolute Gasteiger partial charge is 0.393 e. The van der Waals surface area contributed by atoms with Crippen molar-refractivity contribution in [3.8, 4) is 0 Å². The minimum absolute atomic E-state index is 0.202. The molecule has 15 heavy (non-hydrogen) atoms. The molecule has 1 atom stereocenters. The van der Waals surface area contributed by atoms with E-state index in [0.29, 0.717) is 11.6 Å². The summed E-state index contributed by atoms with van der Waals surface area (Å²) < 4.78 is 0.862. The third-order valence-corrected chi connectivity index (χ3v) is 3.45. The first-order valence-electron chi connectivity index (χ1n) is 4.26. The zero-order valence-corrected chi connectivity index (χ0v) is 11.2. The van der Waals surface area contributed by atoms with Gasteiger partial charge in [0.15, 0.2) is 5.13 Å². The number of hydrogen-bond acceptors (Lipinski definition) is 4. The molecule has 0 aliphatic heterocycles. The van der Waals surface area contributed by atoms with Gasteiger partial charge in [0.05, 0.1) is 20.9 Å². The first kappa shape index (κ1) is 12.5. The molecule has 82 valence electrons. The monoisotopic (exact) mass is 307 g/mol. The van der Waals surface area contributed by atoms with Gasteiger partial charge in [-0.05, 0) is 22.4 Å². The number of hydrogen-bond donors (Lipinski definition) is 2. The number of nitrogens with two attached hydrogens (primary N) is 1. The van der Waals surface area contributed by atoms with Gasteiger partial charge < -0.3 is 11.1 Å². The highest BCUT2D eigenvalue weighted by Gasteiger charge is 2.20. The fourth-order valence-corrected chi connectivity index (χ4v) is 2.40. The Hall–Kier alpha value is -0.530. The Morgan fingerprint density at radius 3 is 2.93 bits per heavy atom. The van der Waals surface area contributed by atoms with Gasteiger partial charge >= 0.3 is 0 Å². The second-order valence-corrected chi connectivity index (χ2v) is 5.70. The molecule has 1 rings (SSSR count). The fourth-order valence-electron chi connectivity index (χ4n) is 1.02. The van der Waals surface area contributed by atoms with Crippen LogP contribution >= 0.6 is 39.5 Å². The number of carbonyl (C=O) groups is 1. The lowest BCUT2D eigenvalue weighted by atomic mass is 10.1. The number of anilines is 1. The van der Waals surface area contributed by atoms with Crippen molar-refractivity contribution in [1.82, 2.24) is 4.98 Å². The van der Waals surface area contributed by atoms with Crippen molar-refractivity contribution in [2.24, 2.45) is 11.7 Å². The molecule has 0 saturated carbocycles. The summed E-state index contributed by atoms with van der Waals surface area (Å²) in [7, 11) is 0. The molecule has 0 radical (unpaired) electrons. The number of nitrogens with zero attached hydrogens (tertiary/aromatic N) is 1. The Balaban J connectivity index is 2.66. The van der Waals surface area contributed by atoms with E-state index in [1.807, 2.05) is 6.92 Å². The zero-order chi connectivity index (χ0) is 11.4. The maximum atomic E-state index is 11.7. The average Bonchev–Trinajstić information content (AvgIpc) is 2.51. The molecule has 1 amide bonds. The van der Waals surface area contributed by atoms with Crippen LogP contribution in [0.15, 0.2) is 9.98 Å². The molecule has 0 bridgehead atoms. The summed E-state index contributed by atoms with van der Waals surface area (Å²) in [4.78, 5) is 15.9. The SMILES string of the molecule is CCC(C(=O)Nc1ncc(Br)s1)C(N)=S. The van der Waals surface area contributed by atoms with Crippen LogP contribution in [0.1, 0.15) is 13.3 Å². The molecule has 0 saturated heterocycles. The van der Waals surface area contributed by atoms with Crippen molar-refractivity contribution in [3.63, 3.8) is 0 Å². The highest BCUT2D eigenvalue weighted by Crippen LogP contribution is 2.23. The molecule has 3 N–H and O–H groups in total. The number of thiazole rings is 1. The number of amides is 1. The Labute approximate surface area is 105 Å². The molecule has 0 aliphatic carbocycles. The summed E-state index contributed by atoms with van der Waals surface area (Å²) in [5.41, 5.74) is 5.45. The van der Waals surface area contributed by atoms with Crippen LogP contribution in [0.3, 0.4) is 0 Å². The van der Waals surface area contributed by atoms with Gasteiger partial charge in [0.2, 0.25) is 5.91 Å². The quantitative estimate of drug-likeness (QED) is 0.836. The van der Waals surface area contributed by atoms with E-state index in [1.54, 1.807) is 6.20 Å². The highest BCUT2D eigenvalue weighted by atomic mass is 79.9. The minimum Gasteiger partial charge on any atom is -0.393 e. The molecule has 4 nitrogen and oxygen atoms in total. The summed E-state index contributed by atoms with van der Waals surface area (Å²) in [6.07, 6.45) is 2.22. The molecule has 1 aromatic rings. The highest BCUT2D eigenvalue weighted by molar-refractivity contribution is 9.11. The van der Waals surface area contributed by atoms with Crippen LogP contribution in [-0.2, 0) is 4.79 Å². The number of halogens is 1. The second kappa shape index (κ2) is 5.53. The number of rotatable bonds is 4. The van der Waals surface area contributed by atoms with Crippen LogP contribution in [0.5, 0.6) is 0 Å². The standard InChI is InChI=1S/C8H10BrN3OS2/c1-2-4(6(10)14)7(13)12-8-11-3-5(9)15-8/h3-4H,2H2,1H3,(H2,10,14)(H,11,12,13). The molecule has 0 fully saturated rings. The van der Waals surface area contributed by atoms with E-state index in [0.717, 1.165) is 3.79 Å². The van der Waals surface area contributed by atoms with Crippen molar-refractivity contribution in [1.29, 1.82) is 0 Å². The molecule has 1 heterocycles. The van der Waals surface area contributed by atoms with E-state index < -0.39 is 5.92 Å². The lowest BCUT2D eigenvalue weighted by molar-refractivity contribution is -0.118. The van der Waals surface area contributed by atoms with Gasteiger partial charge in [-0.1, -0.05) is 30.5 Å². The van der Waals surface area contributed by atoms with Crippen LogP contribution < -0.4 is 11.1 Å². The number of aromatic nitrogens is 1. The smallest absolute Gasteiger partial charge is 0.236 e.